The predicted octanol–water partition coefficient (Wildman–Crippen LogP) is 1.75. The Kier molecular flexibility index (Phi) is 6.83. The maximum atomic E-state index is 9.58. The summed E-state index contributed by atoms with van der Waals surface area (Å²) in [5.41, 5.74) is 10.4. The molecule has 3 N–H and O–H groups in total. The quantitative estimate of drug-likeness (QED) is 0.751. The Morgan fingerprint density at radius 2 is 1.89 bits per heavy atom. The Morgan fingerprint density at radius 3 is 2.57 bits per heavy atom. The second-order valence-corrected chi connectivity index (χ2v) is 7.50. The highest BCUT2D eigenvalue weighted by Gasteiger charge is 2.27. The van der Waals surface area contributed by atoms with E-state index in [1.54, 1.807) is 19.5 Å². The van der Waals surface area contributed by atoms with E-state index in [2.05, 4.69) is 45.7 Å². The first kappa shape index (κ1) is 20.5. The fourth-order valence-corrected chi connectivity index (χ4v) is 3.90. The summed E-state index contributed by atoms with van der Waals surface area (Å²) >= 11 is 0. The van der Waals surface area contributed by atoms with Crippen LogP contribution in [0.5, 0.6) is 5.75 Å². The third-order valence-corrected chi connectivity index (χ3v) is 5.73. The smallest absolute Gasteiger partial charge is 0.219 e. The lowest BCUT2D eigenvalue weighted by Crippen LogP contribution is -2.52. The number of aliphatic hydroxyl groups is 1. The van der Waals surface area contributed by atoms with E-state index in [0.29, 0.717) is 12.0 Å². The van der Waals surface area contributed by atoms with Gasteiger partial charge in [-0.3, -0.25) is 9.80 Å². The maximum Gasteiger partial charge on any atom is 0.219 e. The topological polar surface area (TPSA) is 87.7 Å². The van der Waals surface area contributed by atoms with E-state index in [1.807, 2.05) is 0 Å². The minimum Gasteiger partial charge on any atom is -0.496 e. The molecule has 152 valence electrons. The number of aromatic nitrogens is 2. The van der Waals surface area contributed by atoms with Crippen LogP contribution in [0.15, 0.2) is 24.5 Å². The minimum absolute atomic E-state index is 0.195. The Balaban J connectivity index is 1.67. The van der Waals surface area contributed by atoms with Crippen molar-refractivity contribution in [3.8, 4) is 5.75 Å². The van der Waals surface area contributed by atoms with Crippen LogP contribution in [0.4, 0.5) is 5.95 Å². The van der Waals surface area contributed by atoms with Gasteiger partial charge in [0.15, 0.2) is 0 Å². The van der Waals surface area contributed by atoms with Crippen LogP contribution in [0.3, 0.4) is 0 Å². The van der Waals surface area contributed by atoms with Crippen molar-refractivity contribution >= 4 is 5.95 Å². The van der Waals surface area contributed by atoms with Crippen molar-refractivity contribution in [3.05, 3.63) is 46.8 Å². The molecule has 1 aliphatic heterocycles. The Morgan fingerprint density at radius 1 is 1.14 bits per heavy atom. The molecule has 1 fully saturated rings. The SMILES string of the molecule is COc1ccc(CN2CCN(Cc3cnc(N)nc3)C[C@@H]2CCO)c(C)c1C. The van der Waals surface area contributed by atoms with Gasteiger partial charge in [-0.05, 0) is 43.0 Å². The zero-order valence-corrected chi connectivity index (χ0v) is 17.1. The standard InChI is InChI=1S/C21H31N5O2/c1-15-16(2)20(28-3)5-4-18(15)13-26-8-7-25(14-19(26)6-9-27)12-17-10-23-21(22)24-11-17/h4-5,10-11,19,27H,6-9,12-14H2,1-3H3,(H2,22,23,24)/t19-/m0/s1. The van der Waals surface area contributed by atoms with Gasteiger partial charge in [0.1, 0.15) is 5.75 Å². The molecular weight excluding hydrogens is 354 g/mol. The van der Waals surface area contributed by atoms with Gasteiger partial charge >= 0.3 is 0 Å². The number of piperazine rings is 1. The van der Waals surface area contributed by atoms with Crippen LogP contribution in [0.2, 0.25) is 0 Å². The van der Waals surface area contributed by atoms with Crippen LogP contribution < -0.4 is 10.5 Å². The molecule has 2 aromatic rings. The first-order valence-electron chi connectivity index (χ1n) is 9.78. The molecule has 7 nitrogen and oxygen atoms in total. The van der Waals surface area contributed by atoms with Crippen molar-refractivity contribution in [2.24, 2.45) is 0 Å². The normalized spacial score (nSPS) is 18.4. The lowest BCUT2D eigenvalue weighted by atomic mass is 10.00. The number of nitrogens with zero attached hydrogens (tertiary/aromatic N) is 4. The number of ether oxygens (including phenoxy) is 1. The highest BCUT2D eigenvalue weighted by atomic mass is 16.5. The van der Waals surface area contributed by atoms with Gasteiger partial charge in [-0.15, -0.1) is 0 Å². The third kappa shape index (κ3) is 4.79. The summed E-state index contributed by atoms with van der Waals surface area (Å²) in [7, 11) is 1.71. The molecule has 0 aliphatic carbocycles. The Hall–Kier alpha value is -2.22. The number of nitrogens with two attached hydrogens (primary N) is 1. The summed E-state index contributed by atoms with van der Waals surface area (Å²) in [5.74, 6) is 1.24. The molecular formula is C21H31N5O2. The van der Waals surface area contributed by atoms with Gasteiger partial charge in [-0.2, -0.15) is 0 Å². The number of hydrogen-bond acceptors (Lipinski definition) is 7. The number of anilines is 1. The molecule has 1 aliphatic rings. The van der Waals surface area contributed by atoms with Crippen LogP contribution in [0.25, 0.3) is 0 Å². The fourth-order valence-electron chi connectivity index (χ4n) is 3.90. The second-order valence-electron chi connectivity index (χ2n) is 7.50. The summed E-state index contributed by atoms with van der Waals surface area (Å²) in [6, 6.07) is 4.53. The highest BCUT2D eigenvalue weighted by Crippen LogP contribution is 2.26. The molecule has 0 spiro atoms. The lowest BCUT2D eigenvalue weighted by Gasteiger charge is -2.41. The van der Waals surface area contributed by atoms with Crippen molar-refractivity contribution < 1.29 is 9.84 Å². The number of nitrogen functional groups attached to an aromatic ring is 1. The summed E-state index contributed by atoms with van der Waals surface area (Å²) in [6.07, 6.45) is 4.35. The number of rotatable bonds is 7. The molecule has 0 amide bonds. The fraction of sp³-hybridized carbons (Fsp3) is 0.524. The average Bonchev–Trinajstić information content (AvgIpc) is 2.69. The van der Waals surface area contributed by atoms with Crippen molar-refractivity contribution in [1.29, 1.82) is 0 Å². The molecule has 1 atom stereocenters. The van der Waals surface area contributed by atoms with Crippen LogP contribution in [0.1, 0.15) is 28.7 Å². The molecule has 2 heterocycles. The van der Waals surface area contributed by atoms with Gasteiger partial charge in [-0.25, -0.2) is 9.97 Å². The summed E-state index contributed by atoms with van der Waals surface area (Å²) in [5, 5.41) is 9.58. The van der Waals surface area contributed by atoms with Crippen molar-refractivity contribution in [1.82, 2.24) is 19.8 Å². The zero-order valence-electron chi connectivity index (χ0n) is 17.1. The Bertz CT molecular complexity index is 781. The first-order valence-corrected chi connectivity index (χ1v) is 9.78. The van der Waals surface area contributed by atoms with E-state index in [-0.39, 0.29) is 6.61 Å². The number of hydrogen-bond donors (Lipinski definition) is 2. The summed E-state index contributed by atoms with van der Waals surface area (Å²) < 4.78 is 5.44. The predicted molar refractivity (Wildman–Crippen MR) is 110 cm³/mol. The monoisotopic (exact) mass is 385 g/mol. The zero-order chi connectivity index (χ0) is 20.1. The van der Waals surface area contributed by atoms with Gasteiger partial charge in [0.05, 0.1) is 7.11 Å². The molecule has 3 rings (SSSR count). The van der Waals surface area contributed by atoms with E-state index >= 15 is 0 Å². The van der Waals surface area contributed by atoms with E-state index in [9.17, 15) is 5.11 Å². The average molecular weight is 386 g/mol. The van der Waals surface area contributed by atoms with Crippen molar-refractivity contribution in [2.45, 2.75) is 39.4 Å². The molecule has 28 heavy (non-hydrogen) atoms. The van der Waals surface area contributed by atoms with Gasteiger partial charge in [0.25, 0.3) is 0 Å². The second kappa shape index (κ2) is 9.32. The van der Waals surface area contributed by atoms with Crippen molar-refractivity contribution in [3.63, 3.8) is 0 Å². The van der Waals surface area contributed by atoms with Gasteiger partial charge in [-0.1, -0.05) is 6.07 Å². The van der Waals surface area contributed by atoms with Gasteiger partial charge < -0.3 is 15.6 Å². The molecule has 0 saturated carbocycles. The molecule has 0 radical (unpaired) electrons. The molecule has 1 aromatic heterocycles. The van der Waals surface area contributed by atoms with Crippen LogP contribution in [0, 0.1) is 13.8 Å². The van der Waals surface area contributed by atoms with E-state index in [0.717, 1.165) is 50.5 Å². The van der Waals surface area contributed by atoms with Gasteiger partial charge in [0.2, 0.25) is 5.95 Å². The number of methoxy groups -OCH3 is 1. The van der Waals surface area contributed by atoms with E-state index in [1.165, 1.54) is 16.7 Å². The maximum absolute atomic E-state index is 9.58. The molecule has 1 aromatic carbocycles. The van der Waals surface area contributed by atoms with E-state index in [4.69, 9.17) is 10.5 Å². The van der Waals surface area contributed by atoms with Crippen LogP contribution in [-0.2, 0) is 13.1 Å². The Labute approximate surface area is 167 Å². The number of benzene rings is 1. The third-order valence-electron chi connectivity index (χ3n) is 5.73. The summed E-state index contributed by atoms with van der Waals surface area (Å²) in [6.45, 7) is 9.00. The van der Waals surface area contributed by atoms with Crippen LogP contribution >= 0.6 is 0 Å². The largest absolute Gasteiger partial charge is 0.496 e. The van der Waals surface area contributed by atoms with E-state index < -0.39 is 0 Å². The van der Waals surface area contributed by atoms with Gasteiger partial charge in [0, 0.05) is 63.3 Å². The van der Waals surface area contributed by atoms with Crippen LogP contribution in [-0.4, -0.2) is 64.3 Å². The molecule has 1 saturated heterocycles. The molecule has 7 heteroatoms. The number of aliphatic hydroxyl groups excluding tert-OH is 1. The molecule has 0 bridgehead atoms. The first-order chi connectivity index (χ1) is 13.5. The lowest BCUT2D eigenvalue weighted by molar-refractivity contribution is 0.0497. The molecule has 0 unspecified atom stereocenters. The highest BCUT2D eigenvalue weighted by molar-refractivity contribution is 5.43. The van der Waals surface area contributed by atoms with Crippen molar-refractivity contribution in [2.75, 3.05) is 39.1 Å². The summed E-state index contributed by atoms with van der Waals surface area (Å²) in [4.78, 5) is 13.1. The minimum atomic E-state index is 0.195.